The van der Waals surface area contributed by atoms with Gasteiger partial charge < -0.3 is 10.1 Å². The van der Waals surface area contributed by atoms with Crippen molar-refractivity contribution in [3.05, 3.63) is 59.4 Å². The van der Waals surface area contributed by atoms with Gasteiger partial charge in [-0.15, -0.1) is 0 Å². The van der Waals surface area contributed by atoms with Crippen molar-refractivity contribution >= 4 is 11.6 Å². The third kappa shape index (κ3) is 4.34. The predicted octanol–water partition coefficient (Wildman–Crippen LogP) is 5.05. The summed E-state index contributed by atoms with van der Waals surface area (Å²) < 4.78 is 18.7. The molecule has 1 N–H and O–H groups in total. The maximum Gasteiger partial charge on any atom is 0.265 e. The zero-order valence-electron chi connectivity index (χ0n) is 14.6. The molecule has 0 fully saturated rings. The first-order chi connectivity index (χ1) is 11.4. The summed E-state index contributed by atoms with van der Waals surface area (Å²) in [5, 5.41) is 3.00. The summed E-state index contributed by atoms with van der Waals surface area (Å²) in [5.41, 5.74) is 2.96. The fraction of sp³-hybridized carbons (Fsp3) is 0.350. The molecule has 0 heterocycles. The second-order valence-corrected chi connectivity index (χ2v) is 6.15. The molecule has 128 valence electrons. The number of halogens is 1. The number of ether oxygens (including phenoxy) is 1. The molecule has 0 spiro atoms. The minimum absolute atomic E-state index is 0.196. The van der Waals surface area contributed by atoms with Crippen LogP contribution in [0.15, 0.2) is 42.5 Å². The zero-order valence-corrected chi connectivity index (χ0v) is 14.6. The molecule has 0 saturated heterocycles. The number of carbonyl (C=O) groups excluding carboxylic acids is 1. The quantitative estimate of drug-likeness (QED) is 0.805. The number of rotatable bonds is 6. The van der Waals surface area contributed by atoms with Crippen molar-refractivity contribution in [2.75, 3.05) is 5.32 Å². The van der Waals surface area contributed by atoms with E-state index < -0.39 is 6.10 Å². The van der Waals surface area contributed by atoms with Crippen molar-refractivity contribution in [1.29, 1.82) is 0 Å². The van der Waals surface area contributed by atoms with Crippen molar-refractivity contribution in [2.45, 2.75) is 46.1 Å². The lowest BCUT2D eigenvalue weighted by molar-refractivity contribution is -0.122. The summed E-state index contributed by atoms with van der Waals surface area (Å²) in [4.78, 5) is 12.6. The molecule has 3 nitrogen and oxygen atoms in total. The number of hydrogen-bond donors (Lipinski definition) is 1. The monoisotopic (exact) mass is 329 g/mol. The lowest BCUT2D eigenvalue weighted by Gasteiger charge is -2.21. The summed E-state index contributed by atoms with van der Waals surface area (Å²) in [6, 6.07) is 11.7. The Balaban J connectivity index is 2.16. The third-order valence-electron chi connectivity index (χ3n) is 3.93. The molecule has 0 aliphatic rings. The van der Waals surface area contributed by atoms with Crippen LogP contribution in [0.3, 0.4) is 0 Å². The molecule has 0 aromatic heterocycles. The molecular weight excluding hydrogens is 305 g/mol. The average molecular weight is 329 g/mol. The minimum atomic E-state index is -0.630. The molecular formula is C20H24FNO2. The summed E-state index contributed by atoms with van der Waals surface area (Å²) in [7, 11) is 0. The van der Waals surface area contributed by atoms with Gasteiger partial charge in [-0.3, -0.25) is 4.79 Å². The van der Waals surface area contributed by atoms with Crippen LogP contribution in [-0.4, -0.2) is 12.0 Å². The second-order valence-electron chi connectivity index (χ2n) is 6.15. The molecule has 0 radical (unpaired) electrons. The SMILES string of the molecule is CC[C@H](Oc1ccc(F)cc1)C(=O)Nc1c(C)cccc1C(C)C. The van der Waals surface area contributed by atoms with Crippen LogP contribution in [0.1, 0.15) is 44.2 Å². The Morgan fingerprint density at radius 2 is 1.83 bits per heavy atom. The van der Waals surface area contributed by atoms with E-state index in [0.717, 1.165) is 16.8 Å². The van der Waals surface area contributed by atoms with Crippen LogP contribution in [0.2, 0.25) is 0 Å². The van der Waals surface area contributed by atoms with Gasteiger partial charge in [-0.05, 0) is 54.7 Å². The molecule has 1 amide bonds. The maximum atomic E-state index is 13.0. The Labute approximate surface area is 142 Å². The molecule has 0 bridgehead atoms. The molecule has 4 heteroatoms. The van der Waals surface area contributed by atoms with Crippen LogP contribution in [0, 0.1) is 12.7 Å². The van der Waals surface area contributed by atoms with Crippen molar-refractivity contribution in [1.82, 2.24) is 0 Å². The Morgan fingerprint density at radius 1 is 1.17 bits per heavy atom. The third-order valence-corrected chi connectivity index (χ3v) is 3.93. The van der Waals surface area contributed by atoms with Gasteiger partial charge in [0, 0.05) is 5.69 Å². The van der Waals surface area contributed by atoms with E-state index >= 15 is 0 Å². The summed E-state index contributed by atoms with van der Waals surface area (Å²) in [6.07, 6.45) is -0.110. The molecule has 0 aliphatic heterocycles. The molecule has 2 aromatic rings. The van der Waals surface area contributed by atoms with E-state index in [-0.39, 0.29) is 11.7 Å². The number of anilines is 1. The molecule has 1 atom stereocenters. The Kier molecular flexibility index (Phi) is 5.96. The second kappa shape index (κ2) is 7.95. The summed E-state index contributed by atoms with van der Waals surface area (Å²) in [6.45, 7) is 8.05. The molecule has 0 unspecified atom stereocenters. The first-order valence-electron chi connectivity index (χ1n) is 8.25. The highest BCUT2D eigenvalue weighted by molar-refractivity contribution is 5.95. The van der Waals surface area contributed by atoms with Gasteiger partial charge in [0.1, 0.15) is 11.6 Å². The van der Waals surface area contributed by atoms with Gasteiger partial charge in [0.05, 0.1) is 0 Å². The summed E-state index contributed by atoms with van der Waals surface area (Å²) >= 11 is 0. The van der Waals surface area contributed by atoms with Crippen molar-refractivity contribution in [3.63, 3.8) is 0 Å². The van der Waals surface area contributed by atoms with Crippen LogP contribution < -0.4 is 10.1 Å². The molecule has 2 rings (SSSR count). The highest BCUT2D eigenvalue weighted by Crippen LogP contribution is 2.28. The largest absolute Gasteiger partial charge is 0.481 e. The molecule has 24 heavy (non-hydrogen) atoms. The van der Waals surface area contributed by atoms with Crippen molar-refractivity contribution in [2.24, 2.45) is 0 Å². The number of nitrogens with one attached hydrogen (secondary N) is 1. The smallest absolute Gasteiger partial charge is 0.265 e. The van der Waals surface area contributed by atoms with Crippen LogP contribution in [0.5, 0.6) is 5.75 Å². The van der Waals surface area contributed by atoms with Gasteiger partial charge in [0.2, 0.25) is 0 Å². The first kappa shape index (κ1) is 18.0. The van der Waals surface area contributed by atoms with Gasteiger partial charge in [-0.1, -0.05) is 39.0 Å². The normalized spacial score (nSPS) is 12.1. The van der Waals surface area contributed by atoms with E-state index in [1.54, 1.807) is 0 Å². The number of hydrogen-bond acceptors (Lipinski definition) is 2. The number of amides is 1. The van der Waals surface area contributed by atoms with Gasteiger partial charge in [-0.2, -0.15) is 0 Å². The van der Waals surface area contributed by atoms with Crippen LogP contribution >= 0.6 is 0 Å². The fourth-order valence-corrected chi connectivity index (χ4v) is 2.55. The number of carbonyl (C=O) groups is 1. The standard InChI is InChI=1S/C20H24FNO2/c1-5-18(24-16-11-9-15(21)10-12-16)20(23)22-19-14(4)7-6-8-17(19)13(2)3/h6-13,18H,5H2,1-4H3,(H,22,23)/t18-/m0/s1. The zero-order chi connectivity index (χ0) is 17.7. The van der Waals surface area contributed by atoms with Gasteiger partial charge in [-0.25, -0.2) is 4.39 Å². The average Bonchev–Trinajstić information content (AvgIpc) is 2.55. The predicted molar refractivity (Wildman–Crippen MR) is 95.0 cm³/mol. The van der Waals surface area contributed by atoms with Gasteiger partial charge >= 0.3 is 0 Å². The minimum Gasteiger partial charge on any atom is -0.481 e. The van der Waals surface area contributed by atoms with E-state index in [1.807, 2.05) is 32.0 Å². The van der Waals surface area contributed by atoms with Crippen LogP contribution in [0.4, 0.5) is 10.1 Å². The fourth-order valence-electron chi connectivity index (χ4n) is 2.55. The number of aryl methyl sites for hydroxylation is 1. The van der Waals surface area contributed by atoms with E-state index in [4.69, 9.17) is 4.74 Å². The topological polar surface area (TPSA) is 38.3 Å². The van der Waals surface area contributed by atoms with E-state index in [9.17, 15) is 9.18 Å². The Bertz CT molecular complexity index is 695. The van der Waals surface area contributed by atoms with E-state index in [0.29, 0.717) is 18.1 Å². The van der Waals surface area contributed by atoms with Crippen LogP contribution in [0.25, 0.3) is 0 Å². The van der Waals surface area contributed by atoms with Crippen LogP contribution in [-0.2, 0) is 4.79 Å². The number of benzene rings is 2. The Morgan fingerprint density at radius 3 is 2.42 bits per heavy atom. The highest BCUT2D eigenvalue weighted by atomic mass is 19.1. The number of para-hydroxylation sites is 1. The Hall–Kier alpha value is -2.36. The van der Waals surface area contributed by atoms with Crippen molar-refractivity contribution < 1.29 is 13.9 Å². The van der Waals surface area contributed by atoms with Gasteiger partial charge in [0.25, 0.3) is 5.91 Å². The molecule has 2 aromatic carbocycles. The first-order valence-corrected chi connectivity index (χ1v) is 8.25. The molecule has 0 saturated carbocycles. The maximum absolute atomic E-state index is 13.0. The highest BCUT2D eigenvalue weighted by Gasteiger charge is 2.21. The van der Waals surface area contributed by atoms with E-state index in [1.165, 1.54) is 24.3 Å². The molecule has 0 aliphatic carbocycles. The summed E-state index contributed by atoms with van der Waals surface area (Å²) in [5.74, 6) is 0.255. The lowest BCUT2D eigenvalue weighted by atomic mass is 9.98. The van der Waals surface area contributed by atoms with Crippen molar-refractivity contribution in [3.8, 4) is 5.75 Å². The van der Waals surface area contributed by atoms with E-state index in [2.05, 4.69) is 19.2 Å². The van der Waals surface area contributed by atoms with Gasteiger partial charge in [0.15, 0.2) is 6.10 Å². The lowest BCUT2D eigenvalue weighted by Crippen LogP contribution is -2.33.